The smallest absolute Gasteiger partial charge is 0.0241 e. The van der Waals surface area contributed by atoms with Gasteiger partial charge in [-0.25, -0.2) is 0 Å². The van der Waals surface area contributed by atoms with Crippen LogP contribution in [0, 0.1) is 17.8 Å². The van der Waals surface area contributed by atoms with Crippen molar-refractivity contribution in [3.8, 4) is 0 Å². The molecule has 0 radical (unpaired) electrons. The van der Waals surface area contributed by atoms with Gasteiger partial charge in [-0.15, -0.1) is 0 Å². The van der Waals surface area contributed by atoms with Gasteiger partial charge in [-0.2, -0.15) is 0 Å². The Morgan fingerprint density at radius 3 is 1.91 bits per heavy atom. The van der Waals surface area contributed by atoms with Crippen molar-refractivity contribution in [3.63, 3.8) is 0 Å². The van der Waals surface area contributed by atoms with Crippen molar-refractivity contribution in [3.05, 3.63) is 47.0 Å². The first kappa shape index (κ1) is 25.6. The summed E-state index contributed by atoms with van der Waals surface area (Å²) in [6.07, 6.45) is 29.5. The number of rotatable bonds is 14. The van der Waals surface area contributed by atoms with E-state index in [-0.39, 0.29) is 0 Å². The molecule has 2 aliphatic rings. The molecular formula is C32H52. The highest BCUT2D eigenvalue weighted by Gasteiger charge is 2.28. The molecule has 1 unspecified atom stereocenters. The SMILES string of the molecule is CCCCCCc1ccc(CCC2=CCC(C3CCC(CCCCCC)CC3)CC2)cc1. The van der Waals surface area contributed by atoms with E-state index in [0.29, 0.717) is 0 Å². The van der Waals surface area contributed by atoms with Crippen LogP contribution in [0.5, 0.6) is 0 Å². The van der Waals surface area contributed by atoms with Crippen LogP contribution in [0.15, 0.2) is 35.9 Å². The third kappa shape index (κ3) is 9.07. The monoisotopic (exact) mass is 436 g/mol. The van der Waals surface area contributed by atoms with Crippen molar-refractivity contribution in [2.45, 2.75) is 136 Å². The molecule has 180 valence electrons. The van der Waals surface area contributed by atoms with Crippen LogP contribution >= 0.6 is 0 Å². The zero-order valence-electron chi connectivity index (χ0n) is 21.6. The van der Waals surface area contributed by atoms with Crippen LogP contribution in [0.2, 0.25) is 0 Å². The van der Waals surface area contributed by atoms with Crippen LogP contribution in [0.3, 0.4) is 0 Å². The Kier molecular flexibility index (Phi) is 12.0. The van der Waals surface area contributed by atoms with Gasteiger partial charge >= 0.3 is 0 Å². The zero-order valence-corrected chi connectivity index (χ0v) is 21.6. The number of allylic oxidation sites excluding steroid dienone is 2. The molecule has 0 nitrogen and oxygen atoms in total. The van der Waals surface area contributed by atoms with Crippen molar-refractivity contribution in [1.82, 2.24) is 0 Å². The predicted molar refractivity (Wildman–Crippen MR) is 142 cm³/mol. The fourth-order valence-electron chi connectivity index (χ4n) is 6.31. The van der Waals surface area contributed by atoms with Crippen molar-refractivity contribution >= 4 is 0 Å². The number of hydrogen-bond acceptors (Lipinski definition) is 0. The highest BCUT2D eigenvalue weighted by atomic mass is 14.3. The van der Waals surface area contributed by atoms with Gasteiger partial charge in [0.15, 0.2) is 0 Å². The standard InChI is InChI=1S/C32H52/c1-3-5-7-9-11-27-13-15-29(16-14-27)17-18-30-21-25-32(26-22-30)31-23-19-28(20-24-31)12-10-8-6-4-2/h13-16,21,28,31-32H,3-12,17-20,22-26H2,1-2H3. The second-order valence-electron chi connectivity index (χ2n) is 11.2. The highest BCUT2D eigenvalue weighted by molar-refractivity contribution is 5.24. The van der Waals surface area contributed by atoms with Crippen LogP contribution < -0.4 is 0 Å². The van der Waals surface area contributed by atoms with Gasteiger partial charge in [0.2, 0.25) is 0 Å². The molecule has 0 heteroatoms. The molecule has 0 bridgehead atoms. The van der Waals surface area contributed by atoms with Gasteiger partial charge in [0.1, 0.15) is 0 Å². The lowest BCUT2D eigenvalue weighted by atomic mass is 9.70. The molecular weight excluding hydrogens is 384 g/mol. The number of aryl methyl sites for hydroxylation is 2. The van der Waals surface area contributed by atoms with Crippen molar-refractivity contribution in [1.29, 1.82) is 0 Å². The third-order valence-electron chi connectivity index (χ3n) is 8.65. The number of hydrogen-bond donors (Lipinski definition) is 0. The lowest BCUT2D eigenvalue weighted by Crippen LogP contribution is -2.23. The lowest BCUT2D eigenvalue weighted by Gasteiger charge is -2.35. The van der Waals surface area contributed by atoms with Crippen molar-refractivity contribution < 1.29 is 0 Å². The summed E-state index contributed by atoms with van der Waals surface area (Å²) >= 11 is 0. The first-order valence-corrected chi connectivity index (χ1v) is 14.5. The van der Waals surface area contributed by atoms with Crippen LogP contribution in [0.1, 0.15) is 134 Å². The molecule has 0 amide bonds. The van der Waals surface area contributed by atoms with Crippen LogP contribution in [0.25, 0.3) is 0 Å². The summed E-state index contributed by atoms with van der Waals surface area (Å²) in [5, 5.41) is 0. The molecule has 1 aromatic rings. The summed E-state index contributed by atoms with van der Waals surface area (Å²) in [5.74, 6) is 3.08. The van der Waals surface area contributed by atoms with Crippen LogP contribution in [0.4, 0.5) is 0 Å². The normalized spacial score (nSPS) is 23.8. The summed E-state index contributed by atoms with van der Waals surface area (Å²) < 4.78 is 0. The third-order valence-corrected chi connectivity index (χ3v) is 8.65. The Bertz CT molecular complexity index is 629. The number of benzene rings is 1. The molecule has 0 heterocycles. The Hall–Kier alpha value is -1.04. The second-order valence-corrected chi connectivity index (χ2v) is 11.2. The molecule has 0 N–H and O–H groups in total. The van der Waals surface area contributed by atoms with Gasteiger partial charge < -0.3 is 0 Å². The minimum atomic E-state index is 0.992. The van der Waals surface area contributed by atoms with E-state index in [2.05, 4.69) is 44.2 Å². The minimum absolute atomic E-state index is 0.992. The summed E-state index contributed by atoms with van der Waals surface area (Å²) in [6, 6.07) is 9.55. The summed E-state index contributed by atoms with van der Waals surface area (Å²) in [4.78, 5) is 0. The molecule has 2 aliphatic carbocycles. The molecule has 0 saturated heterocycles. The van der Waals surface area contributed by atoms with Gasteiger partial charge in [0, 0.05) is 0 Å². The van der Waals surface area contributed by atoms with E-state index in [1.165, 1.54) is 133 Å². The maximum atomic E-state index is 2.65. The van der Waals surface area contributed by atoms with Crippen LogP contribution in [-0.4, -0.2) is 0 Å². The first-order chi connectivity index (χ1) is 15.8. The molecule has 1 atom stereocenters. The lowest BCUT2D eigenvalue weighted by molar-refractivity contribution is 0.185. The topological polar surface area (TPSA) is 0 Å². The van der Waals surface area contributed by atoms with E-state index in [9.17, 15) is 0 Å². The van der Waals surface area contributed by atoms with Crippen LogP contribution in [-0.2, 0) is 12.8 Å². The first-order valence-electron chi connectivity index (χ1n) is 14.5. The highest BCUT2D eigenvalue weighted by Crippen LogP contribution is 2.41. The fourth-order valence-corrected chi connectivity index (χ4v) is 6.31. The van der Waals surface area contributed by atoms with E-state index in [1.54, 1.807) is 5.57 Å². The van der Waals surface area contributed by atoms with Crippen molar-refractivity contribution in [2.24, 2.45) is 17.8 Å². The molecule has 0 aliphatic heterocycles. The molecule has 1 aromatic carbocycles. The van der Waals surface area contributed by atoms with Gasteiger partial charge in [-0.1, -0.05) is 114 Å². The largest absolute Gasteiger partial charge is 0.0850 e. The molecule has 3 rings (SSSR count). The molecule has 32 heavy (non-hydrogen) atoms. The van der Waals surface area contributed by atoms with E-state index in [0.717, 1.165) is 17.8 Å². The summed E-state index contributed by atoms with van der Waals surface area (Å²) in [5.41, 5.74) is 4.80. The zero-order chi connectivity index (χ0) is 22.4. The van der Waals surface area contributed by atoms with E-state index >= 15 is 0 Å². The molecule has 0 spiro atoms. The van der Waals surface area contributed by atoms with E-state index in [1.807, 2.05) is 0 Å². The fraction of sp³-hybridized carbons (Fsp3) is 0.750. The molecule has 0 aromatic heterocycles. The quantitative estimate of drug-likeness (QED) is 0.201. The second kappa shape index (κ2) is 15.0. The Balaban J connectivity index is 1.31. The van der Waals surface area contributed by atoms with Crippen molar-refractivity contribution in [2.75, 3.05) is 0 Å². The summed E-state index contributed by atoms with van der Waals surface area (Å²) in [7, 11) is 0. The number of unbranched alkanes of at least 4 members (excludes halogenated alkanes) is 6. The molecule has 1 saturated carbocycles. The van der Waals surface area contributed by atoms with Gasteiger partial charge in [0.25, 0.3) is 0 Å². The van der Waals surface area contributed by atoms with E-state index < -0.39 is 0 Å². The maximum Gasteiger partial charge on any atom is -0.0241 e. The Morgan fingerprint density at radius 1 is 0.625 bits per heavy atom. The Labute approximate surface area is 200 Å². The average molecular weight is 437 g/mol. The van der Waals surface area contributed by atoms with Gasteiger partial charge in [-0.05, 0) is 86.7 Å². The molecule has 1 fully saturated rings. The maximum absolute atomic E-state index is 2.65. The Morgan fingerprint density at radius 2 is 1.28 bits per heavy atom. The van der Waals surface area contributed by atoms with Gasteiger partial charge in [0.05, 0.1) is 0 Å². The summed E-state index contributed by atoms with van der Waals surface area (Å²) in [6.45, 7) is 4.61. The average Bonchev–Trinajstić information content (AvgIpc) is 2.85. The predicted octanol–water partition coefficient (Wildman–Crippen LogP) is 10.2. The minimum Gasteiger partial charge on any atom is -0.0850 e. The van der Waals surface area contributed by atoms with Gasteiger partial charge in [-0.3, -0.25) is 0 Å². The van der Waals surface area contributed by atoms with E-state index in [4.69, 9.17) is 0 Å².